The smallest absolute Gasteiger partial charge is 0.358 e. The van der Waals surface area contributed by atoms with Gasteiger partial charge in [0.1, 0.15) is 5.82 Å². The average molecular weight is 278 g/mol. The van der Waals surface area contributed by atoms with Crippen molar-refractivity contribution in [3.8, 4) is 0 Å². The summed E-state index contributed by atoms with van der Waals surface area (Å²) < 4.78 is 4.57. The Bertz CT molecular complexity index is 483. The van der Waals surface area contributed by atoms with Gasteiger partial charge in [0.25, 0.3) is 0 Å². The molecule has 0 saturated heterocycles. The molecule has 1 amide bonds. The highest BCUT2D eigenvalue weighted by Gasteiger charge is 2.25. The maximum Gasteiger partial charge on any atom is 0.358 e. The molecule has 0 bridgehead atoms. The molecule has 1 heterocycles. The Morgan fingerprint density at radius 1 is 1.35 bits per heavy atom. The summed E-state index contributed by atoms with van der Waals surface area (Å²) in [7, 11) is 1.29. The molecule has 0 aliphatic heterocycles. The van der Waals surface area contributed by atoms with Crippen molar-refractivity contribution in [1.82, 2.24) is 9.97 Å². The highest BCUT2D eigenvalue weighted by atomic mass is 16.5. The van der Waals surface area contributed by atoms with Crippen LogP contribution in [0.4, 0.5) is 5.82 Å². The lowest BCUT2D eigenvalue weighted by atomic mass is 10.2. The van der Waals surface area contributed by atoms with Crippen molar-refractivity contribution in [3.05, 3.63) is 18.1 Å². The van der Waals surface area contributed by atoms with E-state index in [9.17, 15) is 9.59 Å². The van der Waals surface area contributed by atoms with Gasteiger partial charge in [-0.1, -0.05) is 12.8 Å². The third-order valence-corrected chi connectivity index (χ3v) is 3.42. The highest BCUT2D eigenvalue weighted by molar-refractivity contribution is 5.86. The van der Waals surface area contributed by atoms with Gasteiger partial charge in [-0.3, -0.25) is 4.79 Å². The van der Waals surface area contributed by atoms with Crippen LogP contribution in [0, 0.1) is 0 Å². The Morgan fingerprint density at radius 3 is 2.55 bits per heavy atom. The van der Waals surface area contributed by atoms with E-state index in [0.717, 1.165) is 25.7 Å². The normalized spacial score (nSPS) is 15.1. The first-order chi connectivity index (χ1) is 9.61. The van der Waals surface area contributed by atoms with Gasteiger partial charge >= 0.3 is 5.97 Å². The first kappa shape index (κ1) is 14.2. The van der Waals surface area contributed by atoms with Crippen LogP contribution in [0.3, 0.4) is 0 Å². The number of methoxy groups -OCH3 is 1. The first-order valence-corrected chi connectivity index (χ1v) is 6.57. The molecular weight excluding hydrogens is 260 g/mol. The van der Waals surface area contributed by atoms with Gasteiger partial charge < -0.3 is 15.4 Å². The lowest BCUT2D eigenvalue weighted by Gasteiger charge is -2.28. The van der Waals surface area contributed by atoms with Gasteiger partial charge in [0, 0.05) is 6.04 Å². The molecule has 0 atom stereocenters. The number of carbonyl (C=O) groups is 2. The van der Waals surface area contributed by atoms with E-state index in [1.54, 1.807) is 0 Å². The predicted molar refractivity (Wildman–Crippen MR) is 72.2 cm³/mol. The second kappa shape index (κ2) is 6.31. The fraction of sp³-hybridized carbons (Fsp3) is 0.538. The minimum absolute atomic E-state index is 0.108. The molecule has 1 aromatic heterocycles. The zero-order valence-electron chi connectivity index (χ0n) is 11.4. The van der Waals surface area contributed by atoms with Gasteiger partial charge in [-0.05, 0) is 12.8 Å². The minimum atomic E-state index is -0.536. The summed E-state index contributed by atoms with van der Waals surface area (Å²) in [4.78, 5) is 32.6. The Kier molecular flexibility index (Phi) is 4.49. The molecule has 7 nitrogen and oxygen atoms in total. The van der Waals surface area contributed by atoms with Crippen LogP contribution in [0.2, 0.25) is 0 Å². The van der Waals surface area contributed by atoms with Crippen LogP contribution >= 0.6 is 0 Å². The topological polar surface area (TPSA) is 98.4 Å². The quantitative estimate of drug-likeness (QED) is 0.787. The number of anilines is 1. The predicted octanol–water partition coefficient (Wildman–Crippen LogP) is 0.497. The van der Waals surface area contributed by atoms with Gasteiger partial charge in [-0.2, -0.15) is 0 Å². The van der Waals surface area contributed by atoms with Crippen LogP contribution in [0.25, 0.3) is 0 Å². The molecule has 1 saturated carbocycles. The molecule has 0 spiro atoms. The highest BCUT2D eigenvalue weighted by Crippen LogP contribution is 2.26. The van der Waals surface area contributed by atoms with Crippen molar-refractivity contribution in [2.45, 2.75) is 31.7 Å². The molecule has 2 N–H and O–H groups in total. The maximum atomic E-state index is 11.3. The lowest BCUT2D eigenvalue weighted by molar-refractivity contribution is -0.116. The van der Waals surface area contributed by atoms with Gasteiger partial charge in [0.05, 0.1) is 26.0 Å². The summed E-state index contributed by atoms with van der Waals surface area (Å²) in [5, 5.41) is 0. The van der Waals surface area contributed by atoms with E-state index in [1.807, 2.05) is 4.90 Å². The van der Waals surface area contributed by atoms with Crippen LogP contribution < -0.4 is 10.6 Å². The second-order valence-corrected chi connectivity index (χ2v) is 4.78. The number of aromatic nitrogens is 2. The zero-order valence-corrected chi connectivity index (χ0v) is 11.4. The van der Waals surface area contributed by atoms with Crippen molar-refractivity contribution < 1.29 is 14.3 Å². The first-order valence-electron chi connectivity index (χ1n) is 6.57. The van der Waals surface area contributed by atoms with Crippen molar-refractivity contribution in [1.29, 1.82) is 0 Å². The van der Waals surface area contributed by atoms with Crippen molar-refractivity contribution in [2.24, 2.45) is 5.73 Å². The van der Waals surface area contributed by atoms with E-state index >= 15 is 0 Å². The van der Waals surface area contributed by atoms with E-state index in [0.29, 0.717) is 5.82 Å². The minimum Gasteiger partial charge on any atom is -0.464 e. The van der Waals surface area contributed by atoms with E-state index in [2.05, 4.69) is 14.7 Å². The number of hydrogen-bond donors (Lipinski definition) is 1. The van der Waals surface area contributed by atoms with Gasteiger partial charge in [0.2, 0.25) is 5.91 Å². The van der Waals surface area contributed by atoms with Crippen LogP contribution in [0.5, 0.6) is 0 Å². The number of esters is 1. The van der Waals surface area contributed by atoms with Crippen molar-refractivity contribution in [3.63, 3.8) is 0 Å². The largest absolute Gasteiger partial charge is 0.464 e. The summed E-state index contributed by atoms with van der Waals surface area (Å²) in [6.07, 6.45) is 7.11. The van der Waals surface area contributed by atoms with E-state index < -0.39 is 11.9 Å². The van der Waals surface area contributed by atoms with Crippen LogP contribution in [-0.2, 0) is 9.53 Å². The second-order valence-electron chi connectivity index (χ2n) is 4.78. The molecule has 1 fully saturated rings. The fourth-order valence-corrected chi connectivity index (χ4v) is 2.46. The molecule has 0 radical (unpaired) electrons. The summed E-state index contributed by atoms with van der Waals surface area (Å²) in [5.74, 6) is -0.384. The monoisotopic (exact) mass is 278 g/mol. The lowest BCUT2D eigenvalue weighted by Crippen LogP contribution is -2.40. The molecule has 1 aromatic rings. The van der Waals surface area contributed by atoms with E-state index in [4.69, 9.17) is 5.73 Å². The Morgan fingerprint density at radius 2 is 2.05 bits per heavy atom. The van der Waals surface area contributed by atoms with Crippen LogP contribution in [-0.4, -0.2) is 41.5 Å². The van der Waals surface area contributed by atoms with Crippen LogP contribution in [0.1, 0.15) is 36.2 Å². The molecule has 7 heteroatoms. The molecule has 1 aliphatic rings. The number of carbonyl (C=O) groups excluding carboxylic acids is 2. The maximum absolute atomic E-state index is 11.3. The van der Waals surface area contributed by atoms with Crippen molar-refractivity contribution >= 4 is 17.7 Å². The van der Waals surface area contributed by atoms with Gasteiger partial charge in [0.15, 0.2) is 5.69 Å². The number of ether oxygens (including phenoxy) is 1. The Labute approximate surface area is 117 Å². The number of amides is 1. The molecule has 20 heavy (non-hydrogen) atoms. The third-order valence-electron chi connectivity index (χ3n) is 3.42. The number of hydrogen-bond acceptors (Lipinski definition) is 6. The SMILES string of the molecule is COC(=O)c1cnc(N(CC(N)=O)C2CCCC2)cn1. The molecule has 108 valence electrons. The molecule has 0 unspecified atom stereocenters. The number of primary amides is 1. The Balaban J connectivity index is 2.19. The standard InChI is InChI=1S/C13H18N4O3/c1-20-13(19)10-6-16-12(7-15-10)17(8-11(14)18)9-4-2-3-5-9/h6-7,9H,2-5,8H2,1H3,(H2,14,18). The third kappa shape index (κ3) is 3.23. The summed E-state index contributed by atoms with van der Waals surface area (Å²) in [6.45, 7) is 0.108. The molecule has 1 aliphatic carbocycles. The summed E-state index contributed by atoms with van der Waals surface area (Å²) in [6, 6.07) is 0.251. The van der Waals surface area contributed by atoms with Crippen molar-refractivity contribution in [2.75, 3.05) is 18.6 Å². The average Bonchev–Trinajstić information content (AvgIpc) is 2.98. The van der Waals surface area contributed by atoms with E-state index in [-0.39, 0.29) is 18.3 Å². The molecule has 0 aromatic carbocycles. The number of rotatable bonds is 5. The van der Waals surface area contributed by atoms with Crippen LogP contribution in [0.15, 0.2) is 12.4 Å². The van der Waals surface area contributed by atoms with Gasteiger partial charge in [-0.15, -0.1) is 0 Å². The zero-order chi connectivity index (χ0) is 14.5. The number of nitrogens with zero attached hydrogens (tertiary/aromatic N) is 3. The van der Waals surface area contributed by atoms with E-state index in [1.165, 1.54) is 19.5 Å². The van der Waals surface area contributed by atoms with Gasteiger partial charge in [-0.25, -0.2) is 14.8 Å². The summed E-state index contributed by atoms with van der Waals surface area (Å²) >= 11 is 0. The molecular formula is C13H18N4O3. The fourth-order valence-electron chi connectivity index (χ4n) is 2.46. The summed E-state index contributed by atoms with van der Waals surface area (Å²) in [5.41, 5.74) is 5.44. The molecule has 2 rings (SSSR count). The Hall–Kier alpha value is -2.18. The number of nitrogens with two attached hydrogens (primary N) is 1.